The van der Waals surface area contributed by atoms with E-state index in [1.165, 1.54) is 18.4 Å². The fourth-order valence-electron chi connectivity index (χ4n) is 4.11. The predicted molar refractivity (Wildman–Crippen MR) is 68.7 cm³/mol. The molecule has 0 heterocycles. The van der Waals surface area contributed by atoms with Crippen LogP contribution in [0.4, 0.5) is 0 Å². The lowest BCUT2D eigenvalue weighted by Crippen LogP contribution is -2.38. The summed E-state index contributed by atoms with van der Waals surface area (Å²) in [6.45, 7) is 2.20. The summed E-state index contributed by atoms with van der Waals surface area (Å²) in [4.78, 5) is 12.5. The summed E-state index contributed by atoms with van der Waals surface area (Å²) < 4.78 is 0. The van der Waals surface area contributed by atoms with Crippen molar-refractivity contribution in [1.82, 2.24) is 0 Å². The number of rotatable bonds is 3. The molecule has 3 atom stereocenters. The molecular formula is C16H20O. The van der Waals surface area contributed by atoms with E-state index in [4.69, 9.17) is 0 Å². The van der Waals surface area contributed by atoms with Gasteiger partial charge in [-0.2, -0.15) is 0 Å². The zero-order valence-corrected chi connectivity index (χ0v) is 10.5. The van der Waals surface area contributed by atoms with Crippen LogP contribution in [0.3, 0.4) is 0 Å². The van der Waals surface area contributed by atoms with Crippen molar-refractivity contribution in [2.75, 3.05) is 0 Å². The van der Waals surface area contributed by atoms with Gasteiger partial charge in [-0.05, 0) is 43.6 Å². The zero-order chi connectivity index (χ0) is 11.9. The number of benzene rings is 1. The van der Waals surface area contributed by atoms with Gasteiger partial charge in [0.05, 0.1) is 0 Å². The molecule has 0 unspecified atom stereocenters. The topological polar surface area (TPSA) is 17.1 Å². The molecule has 2 aliphatic carbocycles. The second-order valence-corrected chi connectivity index (χ2v) is 5.74. The Morgan fingerprint density at radius 2 is 2.00 bits per heavy atom. The number of Topliss-reactive ketones (excluding diaryl/α,β-unsaturated/α-hetero) is 1. The summed E-state index contributed by atoms with van der Waals surface area (Å²) in [5.74, 6) is 1.62. The first-order valence-corrected chi connectivity index (χ1v) is 6.84. The maximum Gasteiger partial charge on any atom is 0.142 e. The van der Waals surface area contributed by atoms with Crippen LogP contribution in [0, 0.1) is 17.3 Å². The molecule has 2 saturated carbocycles. The van der Waals surface area contributed by atoms with E-state index in [0.717, 1.165) is 19.3 Å². The highest BCUT2D eigenvalue weighted by molar-refractivity contribution is 5.90. The summed E-state index contributed by atoms with van der Waals surface area (Å²) in [6.07, 6.45) is 5.57. The van der Waals surface area contributed by atoms with Crippen molar-refractivity contribution >= 4 is 5.78 Å². The van der Waals surface area contributed by atoms with Crippen LogP contribution in [-0.4, -0.2) is 5.78 Å². The molecule has 0 saturated heterocycles. The van der Waals surface area contributed by atoms with E-state index < -0.39 is 0 Å². The van der Waals surface area contributed by atoms with E-state index in [9.17, 15) is 4.79 Å². The molecule has 0 aromatic heterocycles. The number of carbonyl (C=O) groups is 1. The second kappa shape index (κ2) is 3.97. The summed E-state index contributed by atoms with van der Waals surface area (Å²) in [6, 6.07) is 10.5. The predicted octanol–water partition coefficient (Wildman–Crippen LogP) is 3.62. The Bertz CT molecular complexity index is 422. The van der Waals surface area contributed by atoms with Gasteiger partial charge in [0, 0.05) is 11.3 Å². The summed E-state index contributed by atoms with van der Waals surface area (Å²) in [7, 11) is 0. The minimum absolute atomic E-state index is 0.0235. The van der Waals surface area contributed by atoms with Crippen molar-refractivity contribution < 1.29 is 4.79 Å². The van der Waals surface area contributed by atoms with Crippen LogP contribution < -0.4 is 0 Å². The van der Waals surface area contributed by atoms with Crippen LogP contribution in [0.25, 0.3) is 0 Å². The highest BCUT2D eigenvalue weighted by atomic mass is 16.1. The second-order valence-electron chi connectivity index (χ2n) is 5.74. The lowest BCUT2D eigenvalue weighted by atomic mass is 9.67. The SMILES string of the molecule is CC[C@]1(Cc2ccccc2)C(=O)[C@@H]2CC[C@H]1C2. The normalized spacial score (nSPS) is 35.5. The first-order valence-electron chi connectivity index (χ1n) is 6.84. The Labute approximate surface area is 103 Å². The Kier molecular flexibility index (Phi) is 2.57. The average Bonchev–Trinajstić information content (AvgIpc) is 2.94. The third-order valence-corrected chi connectivity index (χ3v) is 5.07. The summed E-state index contributed by atoms with van der Waals surface area (Å²) >= 11 is 0. The van der Waals surface area contributed by atoms with E-state index in [1.54, 1.807) is 0 Å². The fourth-order valence-corrected chi connectivity index (χ4v) is 4.11. The van der Waals surface area contributed by atoms with Crippen molar-refractivity contribution in [2.24, 2.45) is 17.3 Å². The van der Waals surface area contributed by atoms with Gasteiger partial charge in [0.15, 0.2) is 0 Å². The molecule has 2 fully saturated rings. The van der Waals surface area contributed by atoms with Crippen LogP contribution in [0.15, 0.2) is 30.3 Å². The number of hydrogen-bond acceptors (Lipinski definition) is 1. The minimum atomic E-state index is -0.0235. The van der Waals surface area contributed by atoms with E-state index in [2.05, 4.69) is 31.2 Å². The molecule has 1 aromatic carbocycles. The Hall–Kier alpha value is -1.11. The van der Waals surface area contributed by atoms with E-state index >= 15 is 0 Å². The first-order chi connectivity index (χ1) is 8.26. The maximum absolute atomic E-state index is 12.5. The van der Waals surface area contributed by atoms with Crippen LogP contribution in [0.2, 0.25) is 0 Å². The molecule has 1 nitrogen and oxygen atoms in total. The number of carbonyl (C=O) groups excluding carboxylic acids is 1. The molecule has 1 heteroatoms. The van der Waals surface area contributed by atoms with Gasteiger partial charge >= 0.3 is 0 Å². The van der Waals surface area contributed by atoms with Gasteiger partial charge < -0.3 is 0 Å². The Morgan fingerprint density at radius 3 is 2.59 bits per heavy atom. The average molecular weight is 228 g/mol. The molecule has 0 radical (unpaired) electrons. The molecule has 1 aromatic rings. The lowest BCUT2D eigenvalue weighted by molar-refractivity contribution is -0.132. The standard InChI is InChI=1S/C16H20O/c1-2-16(11-12-6-4-3-5-7-12)14-9-8-13(10-14)15(16)17/h3-7,13-14H,2,8-11H2,1H3/t13-,14+,16-/m1/s1. The molecule has 90 valence electrons. The van der Waals surface area contributed by atoms with Crippen LogP contribution in [0.1, 0.15) is 38.2 Å². The third kappa shape index (κ3) is 1.55. The molecule has 0 amide bonds. The van der Waals surface area contributed by atoms with E-state index in [0.29, 0.717) is 17.6 Å². The lowest BCUT2D eigenvalue weighted by Gasteiger charge is -2.35. The zero-order valence-electron chi connectivity index (χ0n) is 10.5. The van der Waals surface area contributed by atoms with Crippen molar-refractivity contribution in [1.29, 1.82) is 0 Å². The number of ketones is 1. The number of fused-ring (bicyclic) bond motifs is 2. The van der Waals surface area contributed by atoms with Gasteiger partial charge in [-0.1, -0.05) is 37.3 Å². The van der Waals surface area contributed by atoms with Gasteiger partial charge in [-0.3, -0.25) is 4.79 Å². The first kappa shape index (κ1) is 11.0. The van der Waals surface area contributed by atoms with Crippen molar-refractivity contribution in [3.8, 4) is 0 Å². The van der Waals surface area contributed by atoms with Crippen molar-refractivity contribution in [3.05, 3.63) is 35.9 Å². The molecular weight excluding hydrogens is 208 g/mol. The third-order valence-electron chi connectivity index (χ3n) is 5.07. The van der Waals surface area contributed by atoms with Gasteiger partial charge in [0.25, 0.3) is 0 Å². The van der Waals surface area contributed by atoms with E-state index in [-0.39, 0.29) is 5.41 Å². The molecule has 2 bridgehead atoms. The van der Waals surface area contributed by atoms with Gasteiger partial charge in [0.1, 0.15) is 5.78 Å². The highest BCUT2D eigenvalue weighted by Crippen LogP contribution is 2.56. The molecule has 17 heavy (non-hydrogen) atoms. The van der Waals surface area contributed by atoms with Crippen molar-refractivity contribution in [2.45, 2.75) is 39.0 Å². The molecule has 0 aliphatic heterocycles. The quantitative estimate of drug-likeness (QED) is 0.772. The molecule has 2 aliphatic rings. The monoisotopic (exact) mass is 228 g/mol. The van der Waals surface area contributed by atoms with E-state index in [1.807, 2.05) is 6.07 Å². The van der Waals surface area contributed by atoms with Gasteiger partial charge in [0.2, 0.25) is 0 Å². The fraction of sp³-hybridized carbons (Fsp3) is 0.562. The highest BCUT2D eigenvalue weighted by Gasteiger charge is 2.56. The minimum Gasteiger partial charge on any atom is -0.299 e. The van der Waals surface area contributed by atoms with Crippen LogP contribution >= 0.6 is 0 Å². The molecule has 3 rings (SSSR count). The van der Waals surface area contributed by atoms with Crippen LogP contribution in [-0.2, 0) is 11.2 Å². The summed E-state index contributed by atoms with van der Waals surface area (Å²) in [5.41, 5.74) is 1.31. The number of hydrogen-bond donors (Lipinski definition) is 0. The Morgan fingerprint density at radius 1 is 1.24 bits per heavy atom. The van der Waals surface area contributed by atoms with Crippen molar-refractivity contribution in [3.63, 3.8) is 0 Å². The summed E-state index contributed by atoms with van der Waals surface area (Å²) in [5, 5.41) is 0. The van der Waals surface area contributed by atoms with Gasteiger partial charge in [-0.25, -0.2) is 0 Å². The smallest absolute Gasteiger partial charge is 0.142 e. The Balaban J connectivity index is 1.91. The molecule has 0 spiro atoms. The van der Waals surface area contributed by atoms with Crippen LogP contribution in [0.5, 0.6) is 0 Å². The molecule has 0 N–H and O–H groups in total. The largest absolute Gasteiger partial charge is 0.299 e. The van der Waals surface area contributed by atoms with Gasteiger partial charge in [-0.15, -0.1) is 0 Å². The maximum atomic E-state index is 12.5.